The number of halogens is 1. The number of thioether (sulfide) groups is 1. The van der Waals surface area contributed by atoms with E-state index in [1.807, 2.05) is 0 Å². The van der Waals surface area contributed by atoms with Gasteiger partial charge < -0.3 is 20.1 Å². The molecule has 3 aromatic rings. The SMILES string of the molecule is COc1c(-c2ccc(CN)cc2)c(F)cc2c(=O)c(C(=O)O)c3n(c12)CS3. The van der Waals surface area contributed by atoms with E-state index in [9.17, 15) is 19.1 Å². The third kappa shape index (κ3) is 2.52. The van der Waals surface area contributed by atoms with Gasteiger partial charge in [-0.25, -0.2) is 9.18 Å². The van der Waals surface area contributed by atoms with E-state index in [1.165, 1.54) is 18.9 Å². The highest BCUT2D eigenvalue weighted by molar-refractivity contribution is 7.99. The minimum atomic E-state index is -1.32. The van der Waals surface area contributed by atoms with E-state index in [1.54, 1.807) is 28.8 Å². The zero-order valence-corrected chi connectivity index (χ0v) is 15.1. The van der Waals surface area contributed by atoms with Crippen molar-refractivity contribution < 1.29 is 19.0 Å². The fourth-order valence-corrected chi connectivity index (χ4v) is 4.25. The smallest absolute Gasteiger partial charge is 0.342 e. The number of pyridine rings is 1. The second kappa shape index (κ2) is 6.40. The molecule has 0 radical (unpaired) electrons. The average molecular weight is 386 g/mol. The fraction of sp³-hybridized carbons (Fsp3) is 0.158. The van der Waals surface area contributed by atoms with Crippen molar-refractivity contribution >= 4 is 28.6 Å². The fourth-order valence-electron chi connectivity index (χ4n) is 3.32. The van der Waals surface area contributed by atoms with E-state index in [0.29, 0.717) is 28.5 Å². The van der Waals surface area contributed by atoms with Gasteiger partial charge in [0.05, 0.1) is 34.5 Å². The second-order valence-corrected chi connectivity index (χ2v) is 7.01. The lowest BCUT2D eigenvalue weighted by molar-refractivity contribution is 0.0689. The van der Waals surface area contributed by atoms with E-state index in [4.69, 9.17) is 10.5 Å². The van der Waals surface area contributed by atoms with E-state index in [2.05, 4.69) is 0 Å². The number of aromatic nitrogens is 1. The van der Waals surface area contributed by atoms with E-state index >= 15 is 0 Å². The highest BCUT2D eigenvalue weighted by Crippen LogP contribution is 2.44. The first-order valence-corrected chi connectivity index (χ1v) is 9.09. The summed E-state index contributed by atoms with van der Waals surface area (Å²) in [6.45, 7) is 0.371. The highest BCUT2D eigenvalue weighted by atomic mass is 32.2. The Morgan fingerprint density at radius 3 is 2.59 bits per heavy atom. The number of carboxylic acids is 1. The summed E-state index contributed by atoms with van der Waals surface area (Å²) in [7, 11) is 1.40. The van der Waals surface area contributed by atoms with Gasteiger partial charge in [-0.15, -0.1) is 0 Å². The van der Waals surface area contributed by atoms with Crippen LogP contribution in [0.25, 0.3) is 22.0 Å². The zero-order valence-electron chi connectivity index (χ0n) is 14.3. The molecular formula is C19H15FN2O4S. The number of carboxylic acid groups (broad SMARTS) is 1. The summed E-state index contributed by atoms with van der Waals surface area (Å²) >= 11 is 1.26. The number of carbonyl (C=O) groups is 1. The van der Waals surface area contributed by atoms with Gasteiger partial charge in [0.2, 0.25) is 5.43 Å². The average Bonchev–Trinajstić information content (AvgIpc) is 2.64. The van der Waals surface area contributed by atoms with Gasteiger partial charge in [0.1, 0.15) is 11.4 Å². The summed E-state index contributed by atoms with van der Waals surface area (Å²) in [6.07, 6.45) is 0. The summed E-state index contributed by atoms with van der Waals surface area (Å²) in [6, 6.07) is 8.17. The molecule has 138 valence electrons. The van der Waals surface area contributed by atoms with Gasteiger partial charge >= 0.3 is 5.97 Å². The molecule has 27 heavy (non-hydrogen) atoms. The lowest BCUT2D eigenvalue weighted by atomic mass is 9.99. The number of benzene rings is 2. The molecule has 0 amide bonds. The molecule has 1 aliphatic rings. The molecule has 6 nitrogen and oxygen atoms in total. The molecule has 1 aliphatic heterocycles. The molecule has 0 atom stereocenters. The van der Waals surface area contributed by atoms with Gasteiger partial charge in [0.25, 0.3) is 0 Å². The van der Waals surface area contributed by atoms with Gasteiger partial charge in [-0.05, 0) is 17.2 Å². The number of fused-ring (bicyclic) bond motifs is 3. The summed E-state index contributed by atoms with van der Waals surface area (Å²) in [5.74, 6) is -1.31. The maximum atomic E-state index is 15.0. The van der Waals surface area contributed by atoms with E-state index in [0.717, 1.165) is 11.6 Å². The number of hydrogen-bond donors (Lipinski definition) is 2. The molecule has 0 spiro atoms. The van der Waals surface area contributed by atoms with Crippen molar-refractivity contribution in [2.24, 2.45) is 5.73 Å². The van der Waals surface area contributed by atoms with Crippen molar-refractivity contribution in [3.05, 3.63) is 57.5 Å². The first-order valence-electron chi connectivity index (χ1n) is 8.10. The van der Waals surface area contributed by atoms with Crippen LogP contribution in [0.3, 0.4) is 0 Å². The largest absolute Gasteiger partial charge is 0.494 e. The van der Waals surface area contributed by atoms with Crippen LogP contribution in [0.4, 0.5) is 4.39 Å². The van der Waals surface area contributed by atoms with Crippen molar-refractivity contribution in [3.63, 3.8) is 0 Å². The van der Waals surface area contributed by atoms with Crippen LogP contribution < -0.4 is 15.9 Å². The van der Waals surface area contributed by atoms with Gasteiger partial charge in [-0.2, -0.15) is 0 Å². The number of ether oxygens (including phenoxy) is 1. The van der Waals surface area contributed by atoms with Crippen LogP contribution in [-0.4, -0.2) is 22.8 Å². The molecule has 0 saturated heterocycles. The third-order valence-electron chi connectivity index (χ3n) is 4.63. The van der Waals surface area contributed by atoms with Crippen molar-refractivity contribution in [1.29, 1.82) is 0 Å². The molecule has 8 heteroatoms. The summed E-state index contributed by atoms with van der Waals surface area (Å²) in [5, 5.41) is 9.73. The highest BCUT2D eigenvalue weighted by Gasteiger charge is 2.31. The molecule has 0 unspecified atom stereocenters. The number of nitrogens with zero attached hydrogens (tertiary/aromatic N) is 1. The number of nitrogens with two attached hydrogens (primary N) is 1. The minimum Gasteiger partial charge on any atom is -0.494 e. The first kappa shape index (κ1) is 17.6. The van der Waals surface area contributed by atoms with Gasteiger partial charge in [0.15, 0.2) is 5.75 Å². The lowest BCUT2D eigenvalue weighted by Crippen LogP contribution is -2.26. The van der Waals surface area contributed by atoms with Crippen molar-refractivity contribution in [1.82, 2.24) is 4.57 Å². The maximum Gasteiger partial charge on any atom is 0.342 e. The van der Waals surface area contributed by atoms with Gasteiger partial charge in [-0.3, -0.25) is 4.79 Å². The summed E-state index contributed by atoms with van der Waals surface area (Å²) in [5.41, 5.74) is 6.68. The topological polar surface area (TPSA) is 94.6 Å². The second-order valence-electron chi connectivity index (χ2n) is 6.08. The van der Waals surface area contributed by atoms with Crippen LogP contribution >= 0.6 is 11.8 Å². The van der Waals surface area contributed by atoms with Crippen molar-refractivity contribution in [3.8, 4) is 16.9 Å². The lowest BCUT2D eigenvalue weighted by Gasteiger charge is -2.27. The maximum absolute atomic E-state index is 15.0. The minimum absolute atomic E-state index is 0.00636. The molecule has 0 saturated carbocycles. The number of aromatic carboxylic acids is 1. The Kier molecular flexibility index (Phi) is 4.16. The van der Waals surface area contributed by atoms with Crippen LogP contribution in [0.5, 0.6) is 5.75 Å². The van der Waals surface area contributed by atoms with Crippen LogP contribution in [0, 0.1) is 5.82 Å². The molecule has 2 aromatic carbocycles. The third-order valence-corrected chi connectivity index (χ3v) is 5.72. The monoisotopic (exact) mass is 386 g/mol. The number of methoxy groups -OCH3 is 1. The van der Waals surface area contributed by atoms with Crippen molar-refractivity contribution in [2.45, 2.75) is 17.4 Å². The van der Waals surface area contributed by atoms with Crippen LogP contribution in [0.2, 0.25) is 0 Å². The molecule has 4 rings (SSSR count). The quantitative estimate of drug-likeness (QED) is 0.716. The number of hydrogen-bond acceptors (Lipinski definition) is 5. The van der Waals surface area contributed by atoms with Gasteiger partial charge in [0, 0.05) is 6.54 Å². The normalized spacial score (nSPS) is 12.6. The molecule has 0 bridgehead atoms. The Labute approximate surface area is 157 Å². The Morgan fingerprint density at radius 2 is 2.07 bits per heavy atom. The van der Waals surface area contributed by atoms with Crippen LogP contribution in [0.1, 0.15) is 15.9 Å². The molecule has 0 aliphatic carbocycles. The Balaban J connectivity index is 2.10. The van der Waals surface area contributed by atoms with Gasteiger partial charge in [-0.1, -0.05) is 36.0 Å². The molecule has 1 aromatic heterocycles. The van der Waals surface area contributed by atoms with Crippen LogP contribution in [0.15, 0.2) is 40.2 Å². The van der Waals surface area contributed by atoms with E-state index < -0.39 is 17.2 Å². The standard InChI is InChI=1S/C19H15FN2O4S/c1-26-17-13(10-4-2-9(7-21)3-5-10)12(20)6-11-15(17)22-8-27-18(22)14(16(11)23)19(24)25/h2-6H,7-8,21H2,1H3,(H,24,25). The Morgan fingerprint density at radius 1 is 1.37 bits per heavy atom. The summed E-state index contributed by atoms with van der Waals surface area (Å²) < 4.78 is 22.2. The Hall–Kier alpha value is -2.84. The van der Waals surface area contributed by atoms with E-state index in [-0.39, 0.29) is 22.3 Å². The first-order chi connectivity index (χ1) is 13.0. The number of rotatable bonds is 4. The Bertz CT molecular complexity index is 1160. The summed E-state index contributed by atoms with van der Waals surface area (Å²) in [4.78, 5) is 24.2. The molecular weight excluding hydrogens is 371 g/mol. The van der Waals surface area contributed by atoms with Crippen LogP contribution in [-0.2, 0) is 12.4 Å². The van der Waals surface area contributed by atoms with Crippen molar-refractivity contribution in [2.75, 3.05) is 7.11 Å². The zero-order chi connectivity index (χ0) is 19.3. The predicted molar refractivity (Wildman–Crippen MR) is 101 cm³/mol. The molecule has 3 N–H and O–H groups in total. The predicted octanol–water partition coefficient (Wildman–Crippen LogP) is 3.04. The molecule has 2 heterocycles. The molecule has 0 fully saturated rings.